The molecule has 0 saturated heterocycles. The highest BCUT2D eigenvalue weighted by Gasteiger charge is 1.97. The van der Waals surface area contributed by atoms with Gasteiger partial charge in [-0.3, -0.25) is 4.68 Å². The molecule has 1 rings (SSSR count). The SMILES string of the molecule is CNc1nn(C)cc1C. The highest BCUT2D eigenvalue weighted by Crippen LogP contribution is 2.07. The number of hydrogen-bond acceptors (Lipinski definition) is 2. The van der Waals surface area contributed by atoms with Gasteiger partial charge in [-0.25, -0.2) is 0 Å². The molecule has 3 heteroatoms. The lowest BCUT2D eigenvalue weighted by atomic mass is 10.4. The molecule has 1 heterocycles. The van der Waals surface area contributed by atoms with Gasteiger partial charge in [0.05, 0.1) is 0 Å². The quantitative estimate of drug-likeness (QED) is 0.600. The Morgan fingerprint density at radius 2 is 2.33 bits per heavy atom. The van der Waals surface area contributed by atoms with Gasteiger partial charge in [0, 0.05) is 25.9 Å². The number of hydrogen-bond donors (Lipinski definition) is 1. The van der Waals surface area contributed by atoms with E-state index in [2.05, 4.69) is 10.4 Å². The molecule has 0 unspecified atom stereocenters. The van der Waals surface area contributed by atoms with Crippen molar-refractivity contribution in [2.75, 3.05) is 12.4 Å². The summed E-state index contributed by atoms with van der Waals surface area (Å²) in [5.74, 6) is 0.956. The van der Waals surface area contributed by atoms with Crippen LogP contribution in [0.5, 0.6) is 0 Å². The van der Waals surface area contributed by atoms with E-state index in [1.807, 2.05) is 27.2 Å². The van der Waals surface area contributed by atoms with Gasteiger partial charge in [0.2, 0.25) is 0 Å². The maximum Gasteiger partial charge on any atom is 0.150 e. The molecule has 9 heavy (non-hydrogen) atoms. The molecule has 0 spiro atoms. The van der Waals surface area contributed by atoms with Crippen LogP contribution < -0.4 is 5.32 Å². The summed E-state index contributed by atoms with van der Waals surface area (Å²) in [6.07, 6.45) is 1.98. The summed E-state index contributed by atoms with van der Waals surface area (Å²) < 4.78 is 1.79. The first-order valence-electron chi connectivity index (χ1n) is 2.92. The van der Waals surface area contributed by atoms with Gasteiger partial charge in [0.1, 0.15) is 0 Å². The Balaban J connectivity index is 3.01. The van der Waals surface area contributed by atoms with Crippen LogP contribution in [0.4, 0.5) is 5.82 Å². The molecule has 3 nitrogen and oxygen atoms in total. The number of aryl methyl sites for hydroxylation is 2. The van der Waals surface area contributed by atoms with Crippen LogP contribution in [-0.4, -0.2) is 16.8 Å². The van der Waals surface area contributed by atoms with Crippen molar-refractivity contribution in [2.45, 2.75) is 6.92 Å². The summed E-state index contributed by atoms with van der Waals surface area (Å²) >= 11 is 0. The molecular formula is C6H11N3. The highest BCUT2D eigenvalue weighted by atomic mass is 15.3. The molecule has 1 aromatic rings. The zero-order valence-electron chi connectivity index (χ0n) is 5.97. The van der Waals surface area contributed by atoms with Gasteiger partial charge < -0.3 is 5.32 Å². The number of rotatable bonds is 1. The summed E-state index contributed by atoms with van der Waals surface area (Å²) in [5, 5.41) is 7.12. The monoisotopic (exact) mass is 125 g/mol. The van der Waals surface area contributed by atoms with Crippen molar-refractivity contribution in [1.29, 1.82) is 0 Å². The highest BCUT2D eigenvalue weighted by molar-refractivity contribution is 5.40. The predicted octanol–water partition coefficient (Wildman–Crippen LogP) is 0.770. The van der Waals surface area contributed by atoms with Crippen LogP contribution in [0.1, 0.15) is 5.56 Å². The van der Waals surface area contributed by atoms with Gasteiger partial charge in [-0.15, -0.1) is 0 Å². The first kappa shape index (κ1) is 6.13. The fourth-order valence-electron chi connectivity index (χ4n) is 0.854. The standard InChI is InChI=1S/C6H11N3/c1-5-4-9(3)8-6(5)7-2/h4H,1-3H3,(H,7,8). The predicted molar refractivity (Wildman–Crippen MR) is 37.5 cm³/mol. The van der Waals surface area contributed by atoms with Gasteiger partial charge in [0.25, 0.3) is 0 Å². The number of aromatic nitrogens is 2. The smallest absolute Gasteiger partial charge is 0.150 e. The number of nitrogens with one attached hydrogen (secondary N) is 1. The third-order valence-electron chi connectivity index (χ3n) is 1.25. The zero-order valence-corrected chi connectivity index (χ0v) is 5.97. The number of nitrogens with zero attached hydrogens (tertiary/aromatic N) is 2. The van der Waals surface area contributed by atoms with E-state index in [0.29, 0.717) is 0 Å². The van der Waals surface area contributed by atoms with Gasteiger partial charge in [-0.05, 0) is 6.92 Å². The molecule has 0 amide bonds. The Hall–Kier alpha value is -0.990. The van der Waals surface area contributed by atoms with E-state index in [1.165, 1.54) is 5.56 Å². The fraction of sp³-hybridized carbons (Fsp3) is 0.500. The molecule has 0 aromatic carbocycles. The summed E-state index contributed by atoms with van der Waals surface area (Å²) in [6, 6.07) is 0. The third-order valence-corrected chi connectivity index (χ3v) is 1.25. The van der Waals surface area contributed by atoms with Crippen LogP contribution in [0.3, 0.4) is 0 Å². The molecule has 50 valence electrons. The third kappa shape index (κ3) is 1.04. The van der Waals surface area contributed by atoms with Crippen LogP contribution in [0.25, 0.3) is 0 Å². The first-order valence-corrected chi connectivity index (χ1v) is 2.92. The number of anilines is 1. The first-order chi connectivity index (χ1) is 4.24. The van der Waals surface area contributed by atoms with Crippen molar-refractivity contribution in [3.05, 3.63) is 11.8 Å². The molecular weight excluding hydrogens is 114 g/mol. The second-order valence-electron chi connectivity index (χ2n) is 2.08. The van der Waals surface area contributed by atoms with Gasteiger partial charge in [-0.2, -0.15) is 5.10 Å². The second-order valence-corrected chi connectivity index (χ2v) is 2.08. The second kappa shape index (κ2) is 2.09. The van der Waals surface area contributed by atoms with E-state index in [4.69, 9.17) is 0 Å². The van der Waals surface area contributed by atoms with Crippen molar-refractivity contribution in [2.24, 2.45) is 7.05 Å². The fourth-order valence-corrected chi connectivity index (χ4v) is 0.854. The normalized spacial score (nSPS) is 9.67. The molecule has 0 atom stereocenters. The van der Waals surface area contributed by atoms with Crippen molar-refractivity contribution in [3.8, 4) is 0 Å². The Morgan fingerprint density at radius 1 is 1.67 bits per heavy atom. The van der Waals surface area contributed by atoms with Crippen molar-refractivity contribution < 1.29 is 0 Å². The molecule has 0 aliphatic carbocycles. The van der Waals surface area contributed by atoms with Crippen LogP contribution in [0, 0.1) is 6.92 Å². The summed E-state index contributed by atoms with van der Waals surface area (Å²) in [5.41, 5.74) is 1.18. The van der Waals surface area contributed by atoms with Crippen LogP contribution in [0.15, 0.2) is 6.20 Å². The van der Waals surface area contributed by atoms with E-state index in [-0.39, 0.29) is 0 Å². The topological polar surface area (TPSA) is 29.9 Å². The summed E-state index contributed by atoms with van der Waals surface area (Å²) in [6.45, 7) is 2.03. The minimum atomic E-state index is 0.956. The Kier molecular flexibility index (Phi) is 1.42. The Morgan fingerprint density at radius 3 is 2.56 bits per heavy atom. The molecule has 0 fully saturated rings. The Labute approximate surface area is 54.7 Å². The molecule has 1 aromatic heterocycles. The molecule has 0 aliphatic rings. The van der Waals surface area contributed by atoms with Crippen LogP contribution in [0.2, 0.25) is 0 Å². The molecule has 0 radical (unpaired) electrons. The molecule has 1 N–H and O–H groups in total. The van der Waals surface area contributed by atoms with Crippen molar-refractivity contribution >= 4 is 5.82 Å². The van der Waals surface area contributed by atoms with E-state index in [9.17, 15) is 0 Å². The van der Waals surface area contributed by atoms with E-state index >= 15 is 0 Å². The lowest BCUT2D eigenvalue weighted by molar-refractivity contribution is 0.770. The maximum absolute atomic E-state index is 4.13. The lowest BCUT2D eigenvalue weighted by Crippen LogP contribution is -1.92. The average molecular weight is 125 g/mol. The summed E-state index contributed by atoms with van der Waals surface area (Å²) in [7, 11) is 3.78. The molecule has 0 aliphatic heterocycles. The molecule has 0 saturated carbocycles. The van der Waals surface area contributed by atoms with Crippen molar-refractivity contribution in [1.82, 2.24) is 9.78 Å². The summed E-state index contributed by atoms with van der Waals surface area (Å²) in [4.78, 5) is 0. The van der Waals surface area contributed by atoms with Crippen LogP contribution >= 0.6 is 0 Å². The van der Waals surface area contributed by atoms with Gasteiger partial charge in [-0.1, -0.05) is 0 Å². The Bertz CT molecular complexity index is 202. The minimum absolute atomic E-state index is 0.956. The van der Waals surface area contributed by atoms with Crippen molar-refractivity contribution in [3.63, 3.8) is 0 Å². The van der Waals surface area contributed by atoms with E-state index in [0.717, 1.165) is 5.82 Å². The van der Waals surface area contributed by atoms with E-state index in [1.54, 1.807) is 4.68 Å². The maximum atomic E-state index is 4.13. The lowest BCUT2D eigenvalue weighted by Gasteiger charge is -1.90. The van der Waals surface area contributed by atoms with E-state index < -0.39 is 0 Å². The average Bonchev–Trinajstić information content (AvgIpc) is 2.10. The van der Waals surface area contributed by atoms with Gasteiger partial charge in [0.15, 0.2) is 5.82 Å². The minimum Gasteiger partial charge on any atom is -0.371 e. The van der Waals surface area contributed by atoms with Gasteiger partial charge >= 0.3 is 0 Å². The van der Waals surface area contributed by atoms with Crippen LogP contribution in [-0.2, 0) is 7.05 Å². The largest absolute Gasteiger partial charge is 0.371 e. The zero-order chi connectivity index (χ0) is 6.85. The molecule has 0 bridgehead atoms.